The quantitative estimate of drug-likeness (QED) is 0.436. The molecule has 2 aromatic rings. The molecule has 1 aliphatic heterocycles. The van der Waals surface area contributed by atoms with Crippen LogP contribution in [0.5, 0.6) is 11.6 Å². The van der Waals surface area contributed by atoms with Crippen molar-refractivity contribution in [3.63, 3.8) is 0 Å². The van der Waals surface area contributed by atoms with Crippen molar-refractivity contribution in [1.29, 1.82) is 0 Å². The summed E-state index contributed by atoms with van der Waals surface area (Å²) >= 11 is 0. The Labute approximate surface area is 201 Å². The van der Waals surface area contributed by atoms with Gasteiger partial charge < -0.3 is 14.4 Å². The number of piperidine rings is 1. The number of aryl methyl sites for hydroxylation is 1. The lowest BCUT2D eigenvalue weighted by Gasteiger charge is -2.35. The largest absolute Gasteiger partial charge is 0.490 e. The molecule has 0 N–H and O–H groups in total. The monoisotopic (exact) mass is 473 g/mol. The van der Waals surface area contributed by atoms with E-state index in [0.29, 0.717) is 31.5 Å². The second-order valence-electron chi connectivity index (χ2n) is 9.75. The van der Waals surface area contributed by atoms with E-state index in [1.807, 2.05) is 42.3 Å². The van der Waals surface area contributed by atoms with E-state index in [0.717, 1.165) is 54.7 Å². The van der Waals surface area contributed by atoms with Crippen LogP contribution in [-0.2, 0) is 6.42 Å². The van der Waals surface area contributed by atoms with Gasteiger partial charge in [0.1, 0.15) is 11.9 Å². The predicted molar refractivity (Wildman–Crippen MR) is 130 cm³/mol. The molecule has 186 valence electrons. The fourth-order valence-electron chi connectivity index (χ4n) is 4.98. The van der Waals surface area contributed by atoms with E-state index in [1.165, 1.54) is 19.3 Å². The van der Waals surface area contributed by atoms with Gasteiger partial charge in [0.05, 0.1) is 17.7 Å². The van der Waals surface area contributed by atoms with Gasteiger partial charge in [-0.2, -0.15) is 5.10 Å². The number of aromatic nitrogens is 2. The predicted octanol–water partition coefficient (Wildman–Crippen LogP) is 6.16. The maximum atomic E-state index is 13.6. The fraction of sp³-hybridized carbons (Fsp3) is 0.630. The Morgan fingerprint density at radius 3 is 2.50 bits per heavy atom. The number of ether oxygens (including phenoxy) is 2. The molecule has 4 rings (SSSR count). The first-order chi connectivity index (χ1) is 16.5. The molecule has 0 radical (unpaired) electrons. The molecule has 1 aromatic carbocycles. The maximum Gasteiger partial charge on any atom is 0.245 e. The minimum Gasteiger partial charge on any atom is -0.490 e. The van der Waals surface area contributed by atoms with Gasteiger partial charge in [0.25, 0.3) is 0 Å². The average molecular weight is 474 g/mol. The molecular weight excluding hydrogens is 436 g/mol. The molecular formula is C27H37F2N3O2. The van der Waals surface area contributed by atoms with Crippen molar-refractivity contribution in [2.45, 2.75) is 83.3 Å². The number of rotatable bonds is 9. The Hall–Kier alpha value is -2.28. The van der Waals surface area contributed by atoms with Gasteiger partial charge in [0.2, 0.25) is 12.3 Å². The Bertz CT molecular complexity index is 903. The third kappa shape index (κ3) is 6.44. The van der Waals surface area contributed by atoms with Crippen LogP contribution in [0.2, 0.25) is 0 Å². The molecule has 34 heavy (non-hydrogen) atoms. The molecule has 5 nitrogen and oxygen atoms in total. The average Bonchev–Trinajstić information content (AvgIpc) is 2.84. The summed E-state index contributed by atoms with van der Waals surface area (Å²) in [4.78, 5) is 2.03. The molecule has 2 heterocycles. The minimum atomic E-state index is -2.41. The summed E-state index contributed by atoms with van der Waals surface area (Å²) in [7, 11) is 1.93. The number of unbranched alkanes of at least 4 members (excludes halogenated alkanes) is 1. The highest BCUT2D eigenvalue weighted by Crippen LogP contribution is 2.32. The summed E-state index contributed by atoms with van der Waals surface area (Å²) in [5, 5.41) is 8.72. The lowest BCUT2D eigenvalue weighted by Crippen LogP contribution is -2.47. The van der Waals surface area contributed by atoms with E-state index in [2.05, 4.69) is 17.1 Å². The van der Waals surface area contributed by atoms with Gasteiger partial charge in [-0.1, -0.05) is 31.9 Å². The normalized spacial score (nSPS) is 22.1. The highest BCUT2D eigenvalue weighted by atomic mass is 19.3. The second kappa shape index (κ2) is 11.9. The van der Waals surface area contributed by atoms with E-state index < -0.39 is 18.4 Å². The fourth-order valence-corrected chi connectivity index (χ4v) is 4.98. The number of likely N-dealkylation sites (tertiary alicyclic amines) is 1. The summed E-state index contributed by atoms with van der Waals surface area (Å²) in [6.45, 7) is 3.25. The summed E-state index contributed by atoms with van der Waals surface area (Å²) in [5.74, 6) is 0.399. The number of hydrogen-bond donors (Lipinski definition) is 0. The minimum absolute atomic E-state index is 0.304. The van der Waals surface area contributed by atoms with Crippen molar-refractivity contribution in [3.05, 3.63) is 36.0 Å². The first-order valence-corrected chi connectivity index (χ1v) is 12.8. The molecule has 0 bridgehead atoms. The molecule has 2 fully saturated rings. The van der Waals surface area contributed by atoms with E-state index in [9.17, 15) is 8.78 Å². The lowest BCUT2D eigenvalue weighted by atomic mass is 9.94. The van der Waals surface area contributed by atoms with Gasteiger partial charge in [-0.15, -0.1) is 5.10 Å². The van der Waals surface area contributed by atoms with E-state index in [1.54, 1.807) is 0 Å². The van der Waals surface area contributed by atoms with E-state index in [-0.39, 0.29) is 0 Å². The first-order valence-electron chi connectivity index (χ1n) is 12.8. The Kier molecular flexibility index (Phi) is 8.70. The summed E-state index contributed by atoms with van der Waals surface area (Å²) in [5.41, 5.74) is 2.86. The molecule has 7 heteroatoms. The highest BCUT2D eigenvalue weighted by Gasteiger charge is 2.36. The van der Waals surface area contributed by atoms with Crippen molar-refractivity contribution in [2.75, 3.05) is 20.1 Å². The smallest absolute Gasteiger partial charge is 0.245 e. The zero-order valence-electron chi connectivity index (χ0n) is 20.4. The van der Waals surface area contributed by atoms with Gasteiger partial charge in [-0.05, 0) is 76.2 Å². The van der Waals surface area contributed by atoms with Crippen LogP contribution in [0.1, 0.15) is 64.0 Å². The highest BCUT2D eigenvalue weighted by molar-refractivity contribution is 5.67. The summed E-state index contributed by atoms with van der Waals surface area (Å²) in [6, 6.07) is 9.98. The van der Waals surface area contributed by atoms with Crippen LogP contribution < -0.4 is 9.47 Å². The number of halogens is 2. The van der Waals surface area contributed by atoms with Crippen LogP contribution in [0.3, 0.4) is 0 Å². The van der Waals surface area contributed by atoms with Gasteiger partial charge >= 0.3 is 0 Å². The van der Waals surface area contributed by atoms with Crippen molar-refractivity contribution in [3.8, 4) is 22.8 Å². The van der Waals surface area contributed by atoms with Gasteiger partial charge in [0, 0.05) is 18.2 Å². The van der Waals surface area contributed by atoms with Crippen molar-refractivity contribution in [1.82, 2.24) is 15.1 Å². The first kappa shape index (κ1) is 24.8. The maximum absolute atomic E-state index is 13.6. The SMILES string of the molecule is CCCCc1nnc(OC2CN(C)CCC2C(F)F)cc1-c1ccc(OC2CCCCC2)cc1. The molecule has 1 saturated heterocycles. The zero-order chi connectivity index (χ0) is 23.9. The molecule has 1 saturated carbocycles. The Morgan fingerprint density at radius 1 is 1.03 bits per heavy atom. The van der Waals surface area contributed by atoms with Crippen LogP contribution >= 0.6 is 0 Å². The Morgan fingerprint density at radius 2 is 1.79 bits per heavy atom. The second-order valence-corrected chi connectivity index (χ2v) is 9.75. The van der Waals surface area contributed by atoms with Gasteiger partial charge in [0.15, 0.2) is 0 Å². The molecule has 1 aliphatic carbocycles. The summed E-state index contributed by atoms with van der Waals surface area (Å²) in [6.07, 6.45) is 6.58. The number of likely N-dealkylation sites (N-methyl/N-ethyl adjacent to an activating group) is 1. The molecule has 2 unspecified atom stereocenters. The van der Waals surface area contributed by atoms with Crippen molar-refractivity contribution >= 4 is 0 Å². The van der Waals surface area contributed by atoms with Crippen molar-refractivity contribution in [2.24, 2.45) is 5.92 Å². The van der Waals surface area contributed by atoms with Crippen molar-refractivity contribution < 1.29 is 18.3 Å². The third-order valence-corrected chi connectivity index (χ3v) is 7.04. The Balaban J connectivity index is 1.54. The van der Waals surface area contributed by atoms with E-state index >= 15 is 0 Å². The third-order valence-electron chi connectivity index (χ3n) is 7.04. The number of hydrogen-bond acceptors (Lipinski definition) is 5. The summed E-state index contributed by atoms with van der Waals surface area (Å²) < 4.78 is 39.4. The number of nitrogens with zero attached hydrogens (tertiary/aromatic N) is 3. The van der Waals surface area contributed by atoms with Crippen LogP contribution in [0.25, 0.3) is 11.1 Å². The van der Waals surface area contributed by atoms with Crippen LogP contribution in [0.15, 0.2) is 30.3 Å². The van der Waals surface area contributed by atoms with Crippen LogP contribution in [0.4, 0.5) is 8.78 Å². The van der Waals surface area contributed by atoms with Gasteiger partial charge in [-0.25, -0.2) is 8.78 Å². The lowest BCUT2D eigenvalue weighted by molar-refractivity contribution is -0.0383. The molecule has 0 spiro atoms. The molecule has 2 atom stereocenters. The van der Waals surface area contributed by atoms with Crippen LogP contribution in [-0.4, -0.2) is 53.9 Å². The number of alkyl halides is 2. The van der Waals surface area contributed by atoms with Crippen LogP contribution in [0, 0.1) is 5.92 Å². The number of benzene rings is 1. The van der Waals surface area contributed by atoms with E-state index in [4.69, 9.17) is 9.47 Å². The standard InChI is InChI=1S/C27H37F2N3O2/c1-3-4-10-24-23(19-11-13-21(14-12-19)33-20-8-6-5-7-9-20)17-26(31-30-24)34-25-18-32(2)16-15-22(25)27(28)29/h11-14,17,20,22,25,27H,3-10,15-16,18H2,1-2H3. The molecule has 1 aromatic heterocycles. The van der Waals surface area contributed by atoms with Gasteiger partial charge in [-0.3, -0.25) is 0 Å². The topological polar surface area (TPSA) is 47.5 Å². The molecule has 2 aliphatic rings. The zero-order valence-corrected chi connectivity index (χ0v) is 20.4. The molecule has 0 amide bonds.